The minimum absolute atomic E-state index is 0.101. The number of ether oxygens (including phenoxy) is 1. The lowest BCUT2D eigenvalue weighted by atomic mass is 10.3. The number of aromatic nitrogens is 1. The summed E-state index contributed by atoms with van der Waals surface area (Å²) in [5, 5.41) is -0.107. The Balaban J connectivity index is 3.02. The molecule has 0 aliphatic carbocycles. The number of halogens is 4. The molecule has 0 radical (unpaired) electrons. The number of hydrogen-bond donors (Lipinski definition) is 1. The number of hydrogen-bond acceptors (Lipinski definition) is 3. The van der Waals surface area contributed by atoms with E-state index in [0.717, 1.165) is 6.07 Å². The number of nitrogens with two attached hydrogens (primary N) is 1. The molecule has 0 unspecified atom stereocenters. The molecule has 3 nitrogen and oxygen atoms in total. The molecule has 1 aromatic rings. The Morgan fingerprint density at radius 3 is 2.50 bits per heavy atom. The average Bonchev–Trinajstić information content (AvgIpc) is 1.96. The van der Waals surface area contributed by atoms with Crippen molar-refractivity contribution in [3.63, 3.8) is 0 Å². The van der Waals surface area contributed by atoms with Gasteiger partial charge in [0.05, 0.1) is 0 Å². The smallest absolute Gasteiger partial charge is 0.398 e. The van der Waals surface area contributed by atoms with Crippen LogP contribution < -0.4 is 10.5 Å². The summed E-state index contributed by atoms with van der Waals surface area (Å²) in [6.07, 6.45) is -4.79. The topological polar surface area (TPSA) is 48.1 Å². The number of nitrogens with zero attached hydrogens (tertiary/aromatic N) is 1. The zero-order chi connectivity index (χ0) is 10.9. The molecule has 0 bridgehead atoms. The predicted molar refractivity (Wildman–Crippen MR) is 45.1 cm³/mol. The van der Waals surface area contributed by atoms with Crippen molar-refractivity contribution >= 4 is 17.3 Å². The maximum atomic E-state index is 11.8. The summed E-state index contributed by atoms with van der Waals surface area (Å²) in [6, 6.07) is 0.967. The number of rotatable bonds is 1. The first-order valence-electron chi connectivity index (χ1n) is 3.48. The molecule has 0 amide bonds. The summed E-state index contributed by atoms with van der Waals surface area (Å²) in [6.45, 7) is 1.54. The third-order valence-electron chi connectivity index (χ3n) is 1.45. The normalized spacial score (nSPS) is 11.5. The fourth-order valence-corrected chi connectivity index (χ4v) is 0.937. The van der Waals surface area contributed by atoms with E-state index >= 15 is 0 Å². The maximum absolute atomic E-state index is 11.8. The second kappa shape index (κ2) is 3.53. The van der Waals surface area contributed by atoms with Crippen molar-refractivity contribution in [2.24, 2.45) is 0 Å². The molecule has 1 rings (SSSR count). The average molecular weight is 227 g/mol. The second-order valence-electron chi connectivity index (χ2n) is 2.51. The standard InChI is InChI=1S/C7H6ClF3N2O/c1-3-4(12)2-5(13-6(3)8)14-7(9,10)11/h2H,1H3,(H2,12,13). The van der Waals surface area contributed by atoms with Crippen molar-refractivity contribution in [1.82, 2.24) is 4.98 Å². The molecule has 1 heterocycles. The second-order valence-corrected chi connectivity index (χ2v) is 2.87. The lowest BCUT2D eigenvalue weighted by Crippen LogP contribution is -2.18. The van der Waals surface area contributed by atoms with Gasteiger partial charge in [-0.25, -0.2) is 4.98 Å². The molecule has 0 saturated heterocycles. The molecule has 2 N–H and O–H groups in total. The largest absolute Gasteiger partial charge is 0.574 e. The first-order chi connectivity index (χ1) is 6.29. The van der Waals surface area contributed by atoms with Crippen molar-refractivity contribution in [3.8, 4) is 5.88 Å². The van der Waals surface area contributed by atoms with Gasteiger partial charge in [-0.15, -0.1) is 13.2 Å². The van der Waals surface area contributed by atoms with Gasteiger partial charge in [0, 0.05) is 17.3 Å². The molecule has 0 aliphatic heterocycles. The van der Waals surface area contributed by atoms with E-state index in [1.807, 2.05) is 0 Å². The fraction of sp³-hybridized carbons (Fsp3) is 0.286. The Kier molecular flexibility index (Phi) is 2.75. The highest BCUT2D eigenvalue weighted by Gasteiger charge is 2.32. The van der Waals surface area contributed by atoms with E-state index in [1.54, 1.807) is 6.92 Å². The summed E-state index contributed by atoms with van der Waals surface area (Å²) in [4.78, 5) is 3.36. The number of nitrogen functional groups attached to an aromatic ring is 1. The molecule has 0 aromatic carbocycles. The highest BCUT2D eigenvalue weighted by atomic mass is 35.5. The summed E-state index contributed by atoms with van der Waals surface area (Å²) < 4.78 is 38.8. The van der Waals surface area contributed by atoms with E-state index in [9.17, 15) is 13.2 Å². The van der Waals surface area contributed by atoms with E-state index in [4.69, 9.17) is 17.3 Å². The van der Waals surface area contributed by atoms with Gasteiger partial charge >= 0.3 is 6.36 Å². The molecule has 0 atom stereocenters. The molecule has 0 fully saturated rings. The van der Waals surface area contributed by atoms with Crippen LogP contribution in [-0.2, 0) is 0 Å². The lowest BCUT2D eigenvalue weighted by Gasteiger charge is -2.09. The quantitative estimate of drug-likeness (QED) is 0.749. The minimum Gasteiger partial charge on any atom is -0.398 e. The van der Waals surface area contributed by atoms with E-state index < -0.39 is 12.2 Å². The molecule has 14 heavy (non-hydrogen) atoms. The Morgan fingerprint density at radius 1 is 1.50 bits per heavy atom. The third-order valence-corrected chi connectivity index (χ3v) is 1.82. The molecule has 0 spiro atoms. The number of anilines is 1. The van der Waals surface area contributed by atoms with E-state index in [0.29, 0.717) is 5.56 Å². The van der Waals surface area contributed by atoms with Crippen LogP contribution in [0.3, 0.4) is 0 Å². The van der Waals surface area contributed by atoms with Gasteiger partial charge in [-0.3, -0.25) is 0 Å². The van der Waals surface area contributed by atoms with Crippen LogP contribution in [-0.4, -0.2) is 11.3 Å². The van der Waals surface area contributed by atoms with Crippen molar-refractivity contribution in [3.05, 3.63) is 16.8 Å². The highest BCUT2D eigenvalue weighted by molar-refractivity contribution is 6.30. The van der Waals surface area contributed by atoms with Gasteiger partial charge in [0.1, 0.15) is 5.15 Å². The van der Waals surface area contributed by atoms with Crippen LogP contribution in [0, 0.1) is 6.92 Å². The zero-order valence-electron chi connectivity index (χ0n) is 7.02. The van der Waals surface area contributed by atoms with Crippen LogP contribution in [0.5, 0.6) is 5.88 Å². The van der Waals surface area contributed by atoms with Gasteiger partial charge in [0.2, 0.25) is 5.88 Å². The minimum atomic E-state index is -4.79. The highest BCUT2D eigenvalue weighted by Crippen LogP contribution is 2.27. The zero-order valence-corrected chi connectivity index (χ0v) is 7.78. The predicted octanol–water partition coefficient (Wildman–Crippen LogP) is 2.52. The van der Waals surface area contributed by atoms with E-state index in [2.05, 4.69) is 9.72 Å². The Labute approximate surface area is 82.6 Å². The molecule has 0 aliphatic rings. The number of alkyl halides is 3. The molecular weight excluding hydrogens is 221 g/mol. The van der Waals surface area contributed by atoms with Gasteiger partial charge < -0.3 is 10.5 Å². The monoisotopic (exact) mass is 226 g/mol. The lowest BCUT2D eigenvalue weighted by molar-refractivity contribution is -0.276. The van der Waals surface area contributed by atoms with Gasteiger partial charge in [0.15, 0.2) is 0 Å². The van der Waals surface area contributed by atoms with Crippen molar-refractivity contribution < 1.29 is 17.9 Å². The number of pyridine rings is 1. The first-order valence-corrected chi connectivity index (χ1v) is 3.86. The summed E-state index contributed by atoms with van der Waals surface area (Å²) in [7, 11) is 0. The summed E-state index contributed by atoms with van der Waals surface area (Å²) in [5.41, 5.74) is 5.89. The van der Waals surface area contributed by atoms with Gasteiger partial charge in [-0.05, 0) is 6.92 Å². The third kappa shape index (κ3) is 2.66. The van der Waals surface area contributed by atoms with Gasteiger partial charge in [-0.1, -0.05) is 11.6 Å². The molecule has 7 heteroatoms. The van der Waals surface area contributed by atoms with E-state index in [-0.39, 0.29) is 10.8 Å². The fourth-order valence-electron chi connectivity index (χ4n) is 0.744. The van der Waals surface area contributed by atoms with Crippen LogP contribution in [0.1, 0.15) is 5.56 Å². The molecule has 0 saturated carbocycles. The van der Waals surface area contributed by atoms with Crippen LogP contribution >= 0.6 is 11.6 Å². The molecular formula is C7H6ClF3N2O. The molecule has 1 aromatic heterocycles. The Morgan fingerprint density at radius 2 is 2.07 bits per heavy atom. The van der Waals surface area contributed by atoms with E-state index in [1.165, 1.54) is 0 Å². The maximum Gasteiger partial charge on any atom is 0.574 e. The SMILES string of the molecule is Cc1c(N)cc(OC(F)(F)F)nc1Cl. The van der Waals surface area contributed by atoms with Gasteiger partial charge in [-0.2, -0.15) is 0 Å². The van der Waals surface area contributed by atoms with Crippen LogP contribution in [0.4, 0.5) is 18.9 Å². The Bertz CT molecular complexity index is 330. The van der Waals surface area contributed by atoms with Crippen LogP contribution in [0.15, 0.2) is 6.07 Å². The van der Waals surface area contributed by atoms with Gasteiger partial charge in [0.25, 0.3) is 0 Å². The molecule has 78 valence electrons. The summed E-state index contributed by atoms with van der Waals surface area (Å²) >= 11 is 5.51. The van der Waals surface area contributed by atoms with Crippen LogP contribution in [0.25, 0.3) is 0 Å². The van der Waals surface area contributed by atoms with Crippen LogP contribution in [0.2, 0.25) is 5.15 Å². The van der Waals surface area contributed by atoms with Crippen molar-refractivity contribution in [2.75, 3.05) is 5.73 Å². The summed E-state index contributed by atoms with van der Waals surface area (Å²) in [5.74, 6) is -0.661. The van der Waals surface area contributed by atoms with Crippen molar-refractivity contribution in [2.45, 2.75) is 13.3 Å². The first kappa shape index (κ1) is 10.9. The Hall–Kier alpha value is -1.17. The van der Waals surface area contributed by atoms with Crippen molar-refractivity contribution in [1.29, 1.82) is 0 Å².